The first-order valence-electron chi connectivity index (χ1n) is 9.62. The Hall–Kier alpha value is -2.00. The van der Waals surface area contributed by atoms with Gasteiger partial charge in [-0.25, -0.2) is 5.01 Å². The number of para-hydroxylation sites is 1. The molecule has 4 heteroatoms. The minimum absolute atomic E-state index is 0.194. The van der Waals surface area contributed by atoms with E-state index in [9.17, 15) is 0 Å². The zero-order chi connectivity index (χ0) is 17.9. The average Bonchev–Trinajstić information content (AvgIpc) is 3.10. The Bertz CT molecular complexity index is 787. The van der Waals surface area contributed by atoms with Crippen LogP contribution in [0, 0.1) is 0 Å². The second-order valence-corrected chi connectivity index (χ2v) is 7.57. The van der Waals surface area contributed by atoms with Crippen molar-refractivity contribution in [1.82, 2.24) is 5.01 Å². The molecular weight excluding hydrogens is 344 g/mol. The molecule has 2 aromatic carbocycles. The van der Waals surface area contributed by atoms with E-state index in [0.29, 0.717) is 0 Å². The van der Waals surface area contributed by atoms with E-state index in [1.807, 2.05) is 30.3 Å². The number of benzene rings is 2. The third-order valence-corrected chi connectivity index (χ3v) is 5.49. The van der Waals surface area contributed by atoms with E-state index in [1.54, 1.807) is 0 Å². The van der Waals surface area contributed by atoms with Crippen LogP contribution >= 0.6 is 11.6 Å². The number of nitrogens with zero attached hydrogens (tertiary/aromatic N) is 2. The molecule has 2 atom stereocenters. The van der Waals surface area contributed by atoms with Crippen molar-refractivity contribution >= 4 is 17.3 Å². The molecule has 2 aliphatic rings. The van der Waals surface area contributed by atoms with Crippen molar-refractivity contribution in [1.29, 1.82) is 0 Å². The van der Waals surface area contributed by atoms with E-state index in [0.717, 1.165) is 29.2 Å². The molecule has 0 saturated carbocycles. The smallest absolute Gasteiger partial charge is 0.213 e. The average molecular weight is 369 g/mol. The summed E-state index contributed by atoms with van der Waals surface area (Å²) in [6.07, 6.45) is 6.97. The van der Waals surface area contributed by atoms with Gasteiger partial charge in [0, 0.05) is 28.3 Å². The highest BCUT2D eigenvalue weighted by atomic mass is 35.5. The molecule has 0 amide bonds. The van der Waals surface area contributed by atoms with Gasteiger partial charge in [-0.15, -0.1) is 0 Å². The molecule has 0 N–H and O–H groups in total. The molecule has 0 aliphatic carbocycles. The van der Waals surface area contributed by atoms with Crippen LogP contribution in [0.25, 0.3) is 0 Å². The summed E-state index contributed by atoms with van der Waals surface area (Å²) in [4.78, 5) is 0. The Balaban J connectivity index is 1.60. The number of rotatable bonds is 6. The molecule has 0 aromatic heterocycles. The van der Waals surface area contributed by atoms with Crippen LogP contribution in [0.4, 0.5) is 0 Å². The van der Waals surface area contributed by atoms with Crippen molar-refractivity contribution in [3.05, 3.63) is 64.7 Å². The SMILES string of the molecule is CCCCCCC1=NN2[C@@H](C1)c1ccccc1O[C@H]2c1ccc(Cl)cc1. The Morgan fingerprint density at radius 2 is 1.88 bits per heavy atom. The molecule has 0 unspecified atom stereocenters. The molecular formula is C22H25ClN2O. The Kier molecular flexibility index (Phi) is 5.16. The number of hydrogen-bond acceptors (Lipinski definition) is 3. The van der Waals surface area contributed by atoms with Gasteiger partial charge in [-0.3, -0.25) is 0 Å². The van der Waals surface area contributed by atoms with Gasteiger partial charge < -0.3 is 4.74 Å². The second-order valence-electron chi connectivity index (χ2n) is 7.14. The van der Waals surface area contributed by atoms with Crippen molar-refractivity contribution in [2.24, 2.45) is 5.10 Å². The Morgan fingerprint density at radius 1 is 1.08 bits per heavy atom. The van der Waals surface area contributed by atoms with Crippen LogP contribution in [-0.2, 0) is 0 Å². The fraction of sp³-hybridized carbons (Fsp3) is 0.409. The summed E-state index contributed by atoms with van der Waals surface area (Å²) < 4.78 is 6.34. The van der Waals surface area contributed by atoms with Crippen LogP contribution in [0.1, 0.15) is 68.8 Å². The van der Waals surface area contributed by atoms with E-state index in [2.05, 4.69) is 30.1 Å². The van der Waals surface area contributed by atoms with Crippen molar-refractivity contribution in [3.63, 3.8) is 0 Å². The first-order valence-corrected chi connectivity index (χ1v) is 10.00. The van der Waals surface area contributed by atoms with Crippen molar-refractivity contribution in [2.75, 3.05) is 0 Å². The maximum Gasteiger partial charge on any atom is 0.213 e. The summed E-state index contributed by atoms with van der Waals surface area (Å²) in [6, 6.07) is 16.5. The molecule has 2 heterocycles. The van der Waals surface area contributed by atoms with Gasteiger partial charge >= 0.3 is 0 Å². The molecule has 4 rings (SSSR count). The number of ether oxygens (including phenoxy) is 1. The zero-order valence-corrected chi connectivity index (χ0v) is 16.0. The lowest BCUT2D eigenvalue weighted by Crippen LogP contribution is -2.33. The van der Waals surface area contributed by atoms with E-state index < -0.39 is 0 Å². The zero-order valence-electron chi connectivity index (χ0n) is 15.2. The maximum atomic E-state index is 6.34. The standard InChI is InChI=1S/C22H25ClN2O/c1-2-3-4-5-8-18-15-20-19-9-6-7-10-21(19)26-22(25(20)24-18)16-11-13-17(23)14-12-16/h6-7,9-14,20,22H,2-5,8,15H2,1H3/t20-,22-/m0/s1. The van der Waals surface area contributed by atoms with Crippen LogP contribution < -0.4 is 4.74 Å². The highest BCUT2D eigenvalue weighted by Gasteiger charge is 2.40. The first kappa shape index (κ1) is 17.4. The second kappa shape index (κ2) is 7.71. The van der Waals surface area contributed by atoms with E-state index >= 15 is 0 Å². The number of fused-ring (bicyclic) bond motifs is 3. The van der Waals surface area contributed by atoms with E-state index in [4.69, 9.17) is 21.4 Å². The fourth-order valence-electron chi connectivity index (χ4n) is 3.85. The van der Waals surface area contributed by atoms with E-state index in [1.165, 1.54) is 37.0 Å². The topological polar surface area (TPSA) is 24.8 Å². The van der Waals surface area contributed by atoms with Crippen LogP contribution in [0.2, 0.25) is 5.02 Å². The summed E-state index contributed by atoms with van der Waals surface area (Å²) in [5, 5.41) is 7.87. The van der Waals surface area contributed by atoms with Gasteiger partial charge in [0.25, 0.3) is 0 Å². The van der Waals surface area contributed by atoms with Gasteiger partial charge in [0.1, 0.15) is 5.75 Å². The maximum absolute atomic E-state index is 6.34. The lowest BCUT2D eigenvalue weighted by Gasteiger charge is -2.38. The van der Waals surface area contributed by atoms with Crippen LogP contribution in [0.15, 0.2) is 53.6 Å². The largest absolute Gasteiger partial charge is 0.464 e. The molecule has 0 saturated heterocycles. The molecule has 3 nitrogen and oxygen atoms in total. The van der Waals surface area contributed by atoms with Crippen LogP contribution in [0.5, 0.6) is 5.75 Å². The molecule has 0 radical (unpaired) electrons. The summed E-state index contributed by atoms with van der Waals surface area (Å²) in [6.45, 7) is 2.25. The summed E-state index contributed by atoms with van der Waals surface area (Å²) in [5.74, 6) is 0.969. The first-order chi connectivity index (χ1) is 12.8. The van der Waals surface area contributed by atoms with Gasteiger partial charge in [-0.05, 0) is 31.0 Å². The van der Waals surface area contributed by atoms with Gasteiger partial charge in [-0.2, -0.15) is 5.10 Å². The summed E-state index contributed by atoms with van der Waals surface area (Å²) in [7, 11) is 0. The van der Waals surface area contributed by atoms with Crippen molar-refractivity contribution in [3.8, 4) is 5.75 Å². The summed E-state index contributed by atoms with van der Waals surface area (Å²) >= 11 is 6.07. The Morgan fingerprint density at radius 3 is 2.69 bits per heavy atom. The number of hydrogen-bond donors (Lipinski definition) is 0. The minimum atomic E-state index is -0.194. The highest BCUT2D eigenvalue weighted by molar-refractivity contribution is 6.30. The van der Waals surface area contributed by atoms with Gasteiger partial charge in [0.2, 0.25) is 6.23 Å². The van der Waals surface area contributed by atoms with Crippen molar-refractivity contribution < 1.29 is 4.74 Å². The third-order valence-electron chi connectivity index (χ3n) is 5.24. The predicted molar refractivity (Wildman–Crippen MR) is 107 cm³/mol. The van der Waals surface area contributed by atoms with Gasteiger partial charge in [-0.1, -0.05) is 68.1 Å². The summed E-state index contributed by atoms with van der Waals surface area (Å²) in [5.41, 5.74) is 3.63. The fourth-order valence-corrected chi connectivity index (χ4v) is 3.98. The number of hydrazone groups is 1. The molecule has 0 spiro atoms. The quantitative estimate of drug-likeness (QED) is 0.543. The normalized spacial score (nSPS) is 21.0. The molecule has 0 bridgehead atoms. The van der Waals surface area contributed by atoms with Crippen LogP contribution in [0.3, 0.4) is 0 Å². The van der Waals surface area contributed by atoms with Gasteiger partial charge in [0.05, 0.1) is 6.04 Å². The van der Waals surface area contributed by atoms with E-state index in [-0.39, 0.29) is 12.3 Å². The minimum Gasteiger partial charge on any atom is -0.464 e. The lowest BCUT2D eigenvalue weighted by atomic mass is 9.96. The number of unbranched alkanes of at least 4 members (excludes halogenated alkanes) is 3. The molecule has 136 valence electrons. The molecule has 2 aliphatic heterocycles. The van der Waals surface area contributed by atoms with Crippen molar-refractivity contribution in [2.45, 2.75) is 57.7 Å². The Labute approximate surface area is 160 Å². The van der Waals surface area contributed by atoms with Crippen LogP contribution in [-0.4, -0.2) is 10.7 Å². The number of halogens is 1. The third kappa shape index (κ3) is 3.45. The van der Waals surface area contributed by atoms with Gasteiger partial charge in [0.15, 0.2) is 0 Å². The lowest BCUT2D eigenvalue weighted by molar-refractivity contribution is -0.0190. The molecule has 2 aromatic rings. The molecule has 0 fully saturated rings. The highest BCUT2D eigenvalue weighted by Crippen LogP contribution is 2.47. The monoisotopic (exact) mass is 368 g/mol. The predicted octanol–water partition coefficient (Wildman–Crippen LogP) is 6.50. The molecule has 26 heavy (non-hydrogen) atoms.